The normalized spacial score (nSPS) is 10.6. The molecule has 2 rings (SSSR count). The molecule has 0 aliphatic carbocycles. The molecule has 6 nitrogen and oxygen atoms in total. The van der Waals surface area contributed by atoms with Gasteiger partial charge in [-0.1, -0.05) is 0 Å². The Hall–Kier alpha value is -1.63. The zero-order valence-electron chi connectivity index (χ0n) is 10.2. The Bertz CT molecular complexity index is 566. The van der Waals surface area contributed by atoms with Crippen molar-refractivity contribution < 1.29 is 4.79 Å². The van der Waals surface area contributed by atoms with Gasteiger partial charge in [-0.15, -0.1) is 0 Å². The number of nitrogens with zero attached hydrogens (tertiary/aromatic N) is 4. The summed E-state index contributed by atoms with van der Waals surface area (Å²) in [6, 6.07) is 0. The van der Waals surface area contributed by atoms with E-state index in [1.165, 1.54) is 0 Å². The van der Waals surface area contributed by atoms with Crippen LogP contribution in [-0.4, -0.2) is 45.8 Å². The summed E-state index contributed by atoms with van der Waals surface area (Å²) in [6.07, 6.45) is 5.81. The molecule has 2 heterocycles. The van der Waals surface area contributed by atoms with Gasteiger partial charge in [-0.2, -0.15) is 0 Å². The first-order chi connectivity index (χ1) is 8.58. The van der Waals surface area contributed by atoms with Gasteiger partial charge in [0.25, 0.3) is 0 Å². The molecule has 2 aromatic heterocycles. The van der Waals surface area contributed by atoms with Crippen molar-refractivity contribution in [1.82, 2.24) is 19.3 Å². The van der Waals surface area contributed by atoms with E-state index in [2.05, 4.69) is 31.2 Å². The summed E-state index contributed by atoms with van der Waals surface area (Å²) in [7, 11) is 3.49. The van der Waals surface area contributed by atoms with Crippen LogP contribution in [0.2, 0.25) is 0 Å². The molecule has 0 spiro atoms. The van der Waals surface area contributed by atoms with Crippen molar-refractivity contribution in [2.24, 2.45) is 0 Å². The fourth-order valence-electron chi connectivity index (χ4n) is 1.53. The summed E-state index contributed by atoms with van der Waals surface area (Å²) in [5, 5.41) is 3.13. The topological polar surface area (TPSA) is 62.5 Å². The first-order valence-corrected chi connectivity index (χ1v) is 6.30. The molecule has 2 aromatic rings. The second-order valence-electron chi connectivity index (χ2n) is 4.04. The summed E-state index contributed by atoms with van der Waals surface area (Å²) >= 11 is 3.34. The predicted octanol–water partition coefficient (Wildman–Crippen LogP) is 1.38. The zero-order chi connectivity index (χ0) is 13.1. The summed E-state index contributed by atoms with van der Waals surface area (Å²) < 4.78 is 2.59. The maximum absolute atomic E-state index is 11.4. The van der Waals surface area contributed by atoms with Gasteiger partial charge in [0.2, 0.25) is 5.91 Å². The van der Waals surface area contributed by atoms with E-state index in [-0.39, 0.29) is 5.91 Å². The molecule has 0 saturated heterocycles. The number of hydrogen-bond donors (Lipinski definition) is 1. The second kappa shape index (κ2) is 5.34. The number of hydrogen-bond acceptors (Lipinski definition) is 4. The number of imidazole rings is 1. The molecule has 7 heteroatoms. The number of rotatable bonds is 4. The van der Waals surface area contributed by atoms with Gasteiger partial charge in [-0.25, -0.2) is 9.97 Å². The number of fused-ring (bicyclic) bond motifs is 1. The molecule has 0 unspecified atom stereocenters. The van der Waals surface area contributed by atoms with Crippen LogP contribution >= 0.6 is 15.9 Å². The van der Waals surface area contributed by atoms with Crippen molar-refractivity contribution >= 4 is 33.3 Å². The highest BCUT2D eigenvalue weighted by Crippen LogP contribution is 2.16. The SMILES string of the molecule is CN(C)C(=O)CCNc1nc(Br)cn2ccnc12. The van der Waals surface area contributed by atoms with Crippen molar-refractivity contribution in [3.63, 3.8) is 0 Å². The van der Waals surface area contributed by atoms with E-state index in [0.29, 0.717) is 18.8 Å². The monoisotopic (exact) mass is 311 g/mol. The quantitative estimate of drug-likeness (QED) is 0.926. The summed E-state index contributed by atoms with van der Waals surface area (Å²) in [5.74, 6) is 0.748. The third-order valence-electron chi connectivity index (χ3n) is 2.47. The molecular weight excluding hydrogens is 298 g/mol. The van der Waals surface area contributed by atoms with Crippen molar-refractivity contribution in [3.05, 3.63) is 23.2 Å². The number of nitrogens with one attached hydrogen (secondary N) is 1. The maximum atomic E-state index is 11.4. The molecule has 96 valence electrons. The highest BCUT2D eigenvalue weighted by molar-refractivity contribution is 9.10. The van der Waals surface area contributed by atoms with Crippen LogP contribution in [0.3, 0.4) is 0 Å². The van der Waals surface area contributed by atoms with Crippen LogP contribution in [0, 0.1) is 0 Å². The lowest BCUT2D eigenvalue weighted by Crippen LogP contribution is -2.24. The molecular formula is C11H14BrN5O. The number of halogens is 1. The molecule has 0 fully saturated rings. The van der Waals surface area contributed by atoms with Gasteiger partial charge in [0.15, 0.2) is 11.5 Å². The lowest BCUT2D eigenvalue weighted by molar-refractivity contribution is -0.128. The van der Waals surface area contributed by atoms with E-state index in [0.717, 1.165) is 10.3 Å². The fraction of sp³-hybridized carbons (Fsp3) is 0.364. The van der Waals surface area contributed by atoms with E-state index < -0.39 is 0 Å². The zero-order valence-corrected chi connectivity index (χ0v) is 11.8. The average Bonchev–Trinajstić information content (AvgIpc) is 2.76. The van der Waals surface area contributed by atoms with Gasteiger partial charge >= 0.3 is 0 Å². The maximum Gasteiger partial charge on any atom is 0.223 e. The van der Waals surface area contributed by atoms with Crippen LogP contribution in [0.15, 0.2) is 23.2 Å². The Balaban J connectivity index is 2.07. The van der Waals surface area contributed by atoms with Crippen molar-refractivity contribution in [2.75, 3.05) is 26.0 Å². The van der Waals surface area contributed by atoms with E-state index >= 15 is 0 Å². The molecule has 18 heavy (non-hydrogen) atoms. The van der Waals surface area contributed by atoms with Crippen molar-refractivity contribution in [1.29, 1.82) is 0 Å². The molecule has 1 N–H and O–H groups in total. The van der Waals surface area contributed by atoms with Crippen LogP contribution < -0.4 is 5.32 Å². The molecule has 0 aliphatic heterocycles. The van der Waals surface area contributed by atoms with E-state index in [9.17, 15) is 4.79 Å². The summed E-state index contributed by atoms with van der Waals surface area (Å²) in [5.41, 5.74) is 0.746. The van der Waals surface area contributed by atoms with Gasteiger partial charge < -0.3 is 14.6 Å². The number of carbonyl (C=O) groups excluding carboxylic acids is 1. The lowest BCUT2D eigenvalue weighted by atomic mass is 10.4. The standard InChI is InChI=1S/C11H14BrN5O/c1-16(2)9(18)3-4-13-10-11-14-5-6-17(11)7-8(12)15-10/h5-7H,3-4H2,1-2H3,(H,13,15). The molecule has 1 amide bonds. The predicted molar refractivity (Wildman–Crippen MR) is 72.5 cm³/mol. The van der Waals surface area contributed by atoms with Gasteiger partial charge in [-0.05, 0) is 15.9 Å². The Morgan fingerprint density at radius 3 is 3.06 bits per heavy atom. The van der Waals surface area contributed by atoms with Gasteiger partial charge in [0.1, 0.15) is 4.60 Å². The van der Waals surface area contributed by atoms with Crippen LogP contribution in [0.25, 0.3) is 5.65 Å². The smallest absolute Gasteiger partial charge is 0.223 e. The molecule has 0 aliphatic rings. The molecule has 0 atom stereocenters. The Labute approximate surface area is 113 Å². The summed E-state index contributed by atoms with van der Waals surface area (Å²) in [4.78, 5) is 21.5. The van der Waals surface area contributed by atoms with Crippen molar-refractivity contribution in [2.45, 2.75) is 6.42 Å². The Morgan fingerprint density at radius 2 is 2.33 bits per heavy atom. The molecule has 0 saturated carbocycles. The Kier molecular flexibility index (Phi) is 3.81. The first kappa shape index (κ1) is 12.8. The summed E-state index contributed by atoms with van der Waals surface area (Å²) in [6.45, 7) is 0.531. The van der Waals surface area contributed by atoms with Crippen LogP contribution in [0.1, 0.15) is 6.42 Å². The molecule has 0 aromatic carbocycles. The van der Waals surface area contributed by atoms with E-state index in [4.69, 9.17) is 0 Å². The first-order valence-electron chi connectivity index (χ1n) is 5.51. The van der Waals surface area contributed by atoms with Crippen LogP contribution in [0.5, 0.6) is 0 Å². The van der Waals surface area contributed by atoms with E-state index in [1.807, 2.05) is 16.8 Å². The lowest BCUT2D eigenvalue weighted by Gasteiger charge is -2.11. The van der Waals surface area contributed by atoms with Gasteiger partial charge in [0.05, 0.1) is 0 Å². The third-order valence-corrected chi connectivity index (χ3v) is 2.86. The minimum Gasteiger partial charge on any atom is -0.366 e. The minimum absolute atomic E-state index is 0.0804. The number of anilines is 1. The number of amides is 1. The highest BCUT2D eigenvalue weighted by atomic mass is 79.9. The van der Waals surface area contributed by atoms with Crippen LogP contribution in [-0.2, 0) is 4.79 Å². The third kappa shape index (κ3) is 2.79. The number of aromatic nitrogens is 3. The fourth-order valence-corrected chi connectivity index (χ4v) is 1.93. The largest absolute Gasteiger partial charge is 0.366 e. The average molecular weight is 312 g/mol. The van der Waals surface area contributed by atoms with Gasteiger partial charge in [-0.3, -0.25) is 4.79 Å². The van der Waals surface area contributed by atoms with Crippen molar-refractivity contribution in [3.8, 4) is 0 Å². The highest BCUT2D eigenvalue weighted by Gasteiger charge is 2.07. The second-order valence-corrected chi connectivity index (χ2v) is 4.85. The van der Waals surface area contributed by atoms with Gasteiger partial charge in [0, 0.05) is 45.7 Å². The number of carbonyl (C=O) groups is 1. The minimum atomic E-state index is 0.0804. The Morgan fingerprint density at radius 1 is 1.56 bits per heavy atom. The van der Waals surface area contributed by atoms with E-state index in [1.54, 1.807) is 25.2 Å². The molecule has 0 bridgehead atoms. The van der Waals surface area contributed by atoms with Crippen LogP contribution in [0.4, 0.5) is 5.82 Å². The molecule has 0 radical (unpaired) electrons.